The number of hydrogen-bond acceptors (Lipinski definition) is 1. The molecule has 0 amide bonds. The molecule has 1 aliphatic heterocycles. The molecular formula is C17H34O. The third-order valence-electron chi connectivity index (χ3n) is 4.15. The Balaban J connectivity index is 2.86. The van der Waals surface area contributed by atoms with Crippen LogP contribution < -0.4 is 0 Å². The minimum absolute atomic E-state index is 0.260. The Bertz CT molecular complexity index is 271. The topological polar surface area (TPSA) is 9.23 Å². The van der Waals surface area contributed by atoms with Crippen LogP contribution in [0.1, 0.15) is 75.2 Å². The number of rotatable bonds is 1. The molecule has 1 rings (SSSR count). The molecule has 3 atom stereocenters. The lowest BCUT2D eigenvalue weighted by Gasteiger charge is -2.34. The Kier molecular flexibility index (Phi) is 4.28. The highest BCUT2D eigenvalue weighted by Gasteiger charge is 2.46. The van der Waals surface area contributed by atoms with Gasteiger partial charge in [-0.3, -0.25) is 0 Å². The predicted molar refractivity (Wildman–Crippen MR) is 79.8 cm³/mol. The van der Waals surface area contributed by atoms with Gasteiger partial charge in [-0.15, -0.1) is 0 Å². The third kappa shape index (κ3) is 4.26. The molecule has 0 aromatic rings. The maximum absolute atomic E-state index is 6.44. The van der Waals surface area contributed by atoms with E-state index in [0.29, 0.717) is 29.0 Å². The van der Waals surface area contributed by atoms with Gasteiger partial charge in [-0.25, -0.2) is 0 Å². The average molecular weight is 254 g/mol. The van der Waals surface area contributed by atoms with Gasteiger partial charge < -0.3 is 4.74 Å². The van der Waals surface area contributed by atoms with E-state index in [1.165, 1.54) is 12.8 Å². The first-order valence-electron chi connectivity index (χ1n) is 7.46. The summed E-state index contributed by atoms with van der Waals surface area (Å²) in [5.41, 5.74) is 0.951. The fourth-order valence-electron chi connectivity index (χ4n) is 3.01. The molecule has 0 spiro atoms. The second kappa shape index (κ2) is 4.81. The summed E-state index contributed by atoms with van der Waals surface area (Å²) in [7, 11) is 0. The molecule has 0 bridgehead atoms. The smallest absolute Gasteiger partial charge is 0.0631 e. The average Bonchev–Trinajstić information content (AvgIpc) is 2.42. The highest BCUT2D eigenvalue weighted by atomic mass is 16.5. The van der Waals surface area contributed by atoms with Crippen molar-refractivity contribution < 1.29 is 4.74 Å². The highest BCUT2D eigenvalue weighted by molar-refractivity contribution is 4.94. The van der Waals surface area contributed by atoms with Crippen LogP contribution in [-0.4, -0.2) is 12.2 Å². The summed E-state index contributed by atoms with van der Waals surface area (Å²) in [6.45, 7) is 21.0. The molecule has 1 fully saturated rings. The Hall–Kier alpha value is -0.0400. The summed E-state index contributed by atoms with van der Waals surface area (Å²) in [5.74, 6) is 0.681. The summed E-state index contributed by atoms with van der Waals surface area (Å²) < 4.78 is 6.44. The molecule has 1 nitrogen and oxygen atoms in total. The fraction of sp³-hybridized carbons (Fsp3) is 1.00. The van der Waals surface area contributed by atoms with Gasteiger partial charge in [0.25, 0.3) is 0 Å². The van der Waals surface area contributed by atoms with Crippen molar-refractivity contribution in [1.82, 2.24) is 0 Å². The molecule has 0 N–H and O–H groups in total. The lowest BCUT2D eigenvalue weighted by Crippen LogP contribution is -2.31. The quantitative estimate of drug-likeness (QED) is 0.618. The summed E-state index contributed by atoms with van der Waals surface area (Å²) in [6.07, 6.45) is 3.22. The van der Waals surface area contributed by atoms with Gasteiger partial charge in [0.2, 0.25) is 0 Å². The van der Waals surface area contributed by atoms with Crippen molar-refractivity contribution in [1.29, 1.82) is 0 Å². The predicted octanol–water partition coefficient (Wildman–Crippen LogP) is 5.29. The first-order valence-corrected chi connectivity index (χ1v) is 7.46. The van der Waals surface area contributed by atoms with E-state index in [1.54, 1.807) is 0 Å². The molecule has 1 heterocycles. The van der Waals surface area contributed by atoms with Crippen LogP contribution in [0, 0.1) is 22.2 Å². The van der Waals surface area contributed by atoms with E-state index in [1.807, 2.05) is 0 Å². The normalized spacial score (nSPS) is 30.8. The fourth-order valence-corrected chi connectivity index (χ4v) is 3.01. The minimum atomic E-state index is 0.260. The van der Waals surface area contributed by atoms with E-state index < -0.39 is 0 Å². The molecule has 1 heteroatoms. The van der Waals surface area contributed by atoms with E-state index in [9.17, 15) is 0 Å². The van der Waals surface area contributed by atoms with Gasteiger partial charge in [0.15, 0.2) is 0 Å². The van der Waals surface area contributed by atoms with Gasteiger partial charge in [-0.1, -0.05) is 62.3 Å². The molecular weight excluding hydrogens is 220 g/mol. The standard InChI is InChI=1S/C17H34O/c1-15(2,3)11-13-12(16(4,5)6)10-14(18-13)17(7,8)9/h12-14H,10-11H2,1-9H3/t12?,13-,14-/m1/s1. The lowest BCUT2D eigenvalue weighted by molar-refractivity contribution is -0.0428. The van der Waals surface area contributed by atoms with Crippen molar-refractivity contribution in [2.75, 3.05) is 0 Å². The van der Waals surface area contributed by atoms with Gasteiger partial charge in [0, 0.05) is 0 Å². The first-order chi connectivity index (χ1) is 7.81. The Morgan fingerprint density at radius 1 is 0.833 bits per heavy atom. The van der Waals surface area contributed by atoms with Crippen LogP contribution in [-0.2, 0) is 4.74 Å². The molecule has 1 aliphatic rings. The molecule has 108 valence electrons. The van der Waals surface area contributed by atoms with Crippen molar-refractivity contribution >= 4 is 0 Å². The van der Waals surface area contributed by atoms with Crippen LogP contribution in [0.15, 0.2) is 0 Å². The zero-order valence-electron chi connectivity index (χ0n) is 14.1. The van der Waals surface area contributed by atoms with Crippen molar-refractivity contribution in [3.8, 4) is 0 Å². The van der Waals surface area contributed by atoms with Crippen molar-refractivity contribution in [3.05, 3.63) is 0 Å². The van der Waals surface area contributed by atoms with Crippen molar-refractivity contribution in [3.63, 3.8) is 0 Å². The van der Waals surface area contributed by atoms with Gasteiger partial charge in [0.05, 0.1) is 12.2 Å². The van der Waals surface area contributed by atoms with Crippen LogP contribution in [0.2, 0.25) is 0 Å². The van der Waals surface area contributed by atoms with E-state index in [-0.39, 0.29) is 5.41 Å². The van der Waals surface area contributed by atoms with E-state index in [4.69, 9.17) is 4.74 Å². The van der Waals surface area contributed by atoms with Crippen LogP contribution in [0.25, 0.3) is 0 Å². The summed E-state index contributed by atoms with van der Waals surface area (Å²) >= 11 is 0. The van der Waals surface area contributed by atoms with Gasteiger partial charge >= 0.3 is 0 Å². The van der Waals surface area contributed by atoms with E-state index in [0.717, 1.165) is 0 Å². The molecule has 0 saturated carbocycles. The lowest BCUT2D eigenvalue weighted by atomic mass is 9.71. The molecule has 0 aromatic carbocycles. The van der Waals surface area contributed by atoms with E-state index >= 15 is 0 Å². The summed E-state index contributed by atoms with van der Waals surface area (Å²) in [5, 5.41) is 0. The highest BCUT2D eigenvalue weighted by Crippen LogP contribution is 2.47. The monoisotopic (exact) mass is 254 g/mol. The molecule has 1 unspecified atom stereocenters. The van der Waals surface area contributed by atoms with Crippen LogP contribution in [0.4, 0.5) is 0 Å². The molecule has 0 aromatic heterocycles. The second-order valence-corrected chi connectivity index (χ2v) is 9.50. The van der Waals surface area contributed by atoms with Crippen molar-refractivity contribution in [2.45, 2.75) is 87.4 Å². The van der Waals surface area contributed by atoms with E-state index in [2.05, 4.69) is 62.3 Å². The minimum Gasteiger partial charge on any atom is -0.374 e. The Morgan fingerprint density at radius 2 is 1.33 bits per heavy atom. The SMILES string of the molecule is CC(C)(C)C[C@H]1O[C@@H](C(C)(C)C)CC1C(C)(C)C. The first kappa shape index (κ1) is 16.0. The van der Waals surface area contributed by atoms with Crippen LogP contribution in [0.3, 0.4) is 0 Å². The largest absolute Gasteiger partial charge is 0.374 e. The van der Waals surface area contributed by atoms with Crippen LogP contribution >= 0.6 is 0 Å². The van der Waals surface area contributed by atoms with Gasteiger partial charge in [0.1, 0.15) is 0 Å². The molecule has 0 aliphatic carbocycles. The third-order valence-corrected chi connectivity index (χ3v) is 4.15. The molecule has 1 saturated heterocycles. The molecule has 18 heavy (non-hydrogen) atoms. The Labute approximate surface area is 115 Å². The Morgan fingerprint density at radius 3 is 1.67 bits per heavy atom. The van der Waals surface area contributed by atoms with Crippen LogP contribution in [0.5, 0.6) is 0 Å². The zero-order chi connectivity index (χ0) is 14.4. The van der Waals surface area contributed by atoms with Crippen molar-refractivity contribution in [2.24, 2.45) is 22.2 Å². The zero-order valence-corrected chi connectivity index (χ0v) is 14.1. The maximum atomic E-state index is 6.44. The number of ether oxygens (including phenoxy) is 1. The molecule has 0 radical (unpaired) electrons. The van der Waals surface area contributed by atoms with Gasteiger partial charge in [-0.2, -0.15) is 0 Å². The maximum Gasteiger partial charge on any atom is 0.0631 e. The number of hydrogen-bond donors (Lipinski definition) is 0. The second-order valence-electron chi connectivity index (χ2n) is 9.50. The summed E-state index contributed by atoms with van der Waals surface area (Å²) in [4.78, 5) is 0. The summed E-state index contributed by atoms with van der Waals surface area (Å²) in [6, 6.07) is 0. The van der Waals surface area contributed by atoms with Gasteiger partial charge in [-0.05, 0) is 35.0 Å².